The molecule has 0 atom stereocenters. The van der Waals surface area contributed by atoms with Crippen LogP contribution in [-0.2, 0) is 12.7 Å². The zero-order chi connectivity index (χ0) is 19.4. The minimum absolute atomic E-state index is 0.0763. The zero-order valence-electron chi connectivity index (χ0n) is 13.5. The van der Waals surface area contributed by atoms with Crippen LogP contribution in [0.25, 0.3) is 0 Å². The van der Waals surface area contributed by atoms with Crippen LogP contribution in [0.4, 0.5) is 28.4 Å². The van der Waals surface area contributed by atoms with Crippen molar-refractivity contribution < 1.29 is 17.6 Å². The Balaban J connectivity index is 1.68. The van der Waals surface area contributed by atoms with Crippen molar-refractivity contribution in [1.82, 2.24) is 4.98 Å². The molecule has 1 aromatic heterocycles. The molecule has 2 aromatic carbocycles. The molecule has 0 unspecified atom stereocenters. The highest BCUT2D eigenvalue weighted by Crippen LogP contribution is 2.33. The van der Waals surface area contributed by atoms with Crippen molar-refractivity contribution in [3.8, 4) is 0 Å². The molecule has 3 aromatic rings. The third-order valence-corrected chi connectivity index (χ3v) is 5.40. The molecule has 3 rings (SSSR count). The van der Waals surface area contributed by atoms with Crippen molar-refractivity contribution in [3.63, 3.8) is 0 Å². The molecule has 0 amide bonds. The van der Waals surface area contributed by atoms with E-state index in [-0.39, 0.29) is 16.5 Å². The number of benzene rings is 2. The van der Waals surface area contributed by atoms with E-state index >= 15 is 0 Å². The minimum atomic E-state index is -4.41. The molecule has 0 bridgehead atoms. The average molecular weight is 434 g/mol. The molecule has 0 radical (unpaired) electrons. The van der Waals surface area contributed by atoms with Gasteiger partial charge in [-0.1, -0.05) is 23.7 Å². The topological polar surface area (TPSA) is 37.0 Å². The zero-order valence-corrected chi connectivity index (χ0v) is 15.9. The first-order valence-corrected chi connectivity index (χ1v) is 9.62. The molecule has 0 spiro atoms. The first-order chi connectivity index (χ1) is 12.8. The van der Waals surface area contributed by atoms with Gasteiger partial charge in [0.2, 0.25) is 0 Å². The maximum absolute atomic E-state index is 14.3. The molecule has 0 aliphatic heterocycles. The van der Waals surface area contributed by atoms with E-state index in [1.165, 1.54) is 29.5 Å². The van der Waals surface area contributed by atoms with Gasteiger partial charge in [-0.05, 0) is 41.8 Å². The lowest BCUT2D eigenvalue weighted by atomic mass is 10.1. The van der Waals surface area contributed by atoms with E-state index in [1.807, 2.05) is 0 Å². The predicted molar refractivity (Wildman–Crippen MR) is 102 cm³/mol. The van der Waals surface area contributed by atoms with Crippen LogP contribution >= 0.6 is 34.9 Å². The highest BCUT2D eigenvalue weighted by molar-refractivity contribution is 8.00. The highest BCUT2D eigenvalue weighted by Gasteiger charge is 2.30. The normalized spacial score (nSPS) is 11.4. The third kappa shape index (κ3) is 5.27. The summed E-state index contributed by atoms with van der Waals surface area (Å²) in [7, 11) is 0. The van der Waals surface area contributed by atoms with Crippen LogP contribution in [0.15, 0.2) is 52.9 Å². The summed E-state index contributed by atoms with van der Waals surface area (Å²) in [6.45, 7) is 0.0763. The summed E-state index contributed by atoms with van der Waals surface area (Å²) in [6.07, 6.45) is -2.79. The fourth-order valence-corrected chi connectivity index (χ4v) is 3.74. The number of aromatic nitrogens is 1. The number of anilines is 2. The molecule has 142 valence electrons. The van der Waals surface area contributed by atoms with Gasteiger partial charge in [-0.25, -0.2) is 9.37 Å². The van der Waals surface area contributed by atoms with E-state index in [0.717, 1.165) is 24.1 Å². The minimum Gasteiger partial charge on any atom is -0.380 e. The van der Waals surface area contributed by atoms with Gasteiger partial charge in [0, 0.05) is 18.1 Å². The summed E-state index contributed by atoms with van der Waals surface area (Å²) in [5.41, 5.74) is -0.0329. The van der Waals surface area contributed by atoms with Crippen LogP contribution in [0.1, 0.15) is 11.1 Å². The SMILES string of the molecule is Fc1cc(NCc2cccc(C(F)(F)F)c2)c(Cl)cc1SNc1nccs1. The molecule has 0 aliphatic carbocycles. The molecular formula is C17H12ClF4N3S2. The van der Waals surface area contributed by atoms with Crippen molar-refractivity contribution >= 4 is 45.7 Å². The monoisotopic (exact) mass is 433 g/mol. The second-order valence-corrected chi connectivity index (χ2v) is 7.51. The molecule has 2 N–H and O–H groups in total. The van der Waals surface area contributed by atoms with Crippen LogP contribution in [0.2, 0.25) is 5.02 Å². The summed E-state index contributed by atoms with van der Waals surface area (Å²) >= 11 is 8.57. The lowest BCUT2D eigenvalue weighted by molar-refractivity contribution is -0.137. The standard InChI is InChI=1S/C17H12ClF4N3S2/c18-12-7-15(27-25-16-23-4-5-26-16)13(19)8-14(12)24-9-10-2-1-3-11(6-10)17(20,21)22/h1-8,24H,9H2,(H,23,25). The fraction of sp³-hybridized carbons (Fsp3) is 0.118. The summed E-state index contributed by atoms with van der Waals surface area (Å²) < 4.78 is 55.5. The molecule has 0 saturated carbocycles. The Kier molecular flexibility index (Phi) is 6.13. The number of rotatable bonds is 6. The number of hydrogen-bond acceptors (Lipinski definition) is 5. The molecule has 10 heteroatoms. The average Bonchev–Trinajstić information content (AvgIpc) is 3.14. The van der Waals surface area contributed by atoms with Crippen molar-refractivity contribution in [2.75, 3.05) is 10.0 Å². The molecule has 1 heterocycles. The summed E-state index contributed by atoms with van der Waals surface area (Å²) in [5, 5.41) is 5.53. The lowest BCUT2D eigenvalue weighted by Gasteiger charge is -2.13. The molecular weight excluding hydrogens is 422 g/mol. The van der Waals surface area contributed by atoms with Crippen LogP contribution in [0, 0.1) is 5.82 Å². The molecule has 0 aliphatic rings. The summed E-state index contributed by atoms with van der Waals surface area (Å²) in [6, 6.07) is 7.57. The number of nitrogens with one attached hydrogen (secondary N) is 2. The van der Waals surface area contributed by atoms with E-state index in [0.29, 0.717) is 16.4 Å². The Hall–Kier alpha value is -1.97. The van der Waals surface area contributed by atoms with Gasteiger partial charge >= 0.3 is 6.18 Å². The first kappa shape index (κ1) is 19.8. The second kappa shape index (κ2) is 8.37. The Morgan fingerprint density at radius 3 is 2.70 bits per heavy atom. The molecule has 3 nitrogen and oxygen atoms in total. The van der Waals surface area contributed by atoms with Crippen molar-refractivity contribution in [2.24, 2.45) is 0 Å². The van der Waals surface area contributed by atoms with Gasteiger partial charge in [-0.3, -0.25) is 0 Å². The smallest absolute Gasteiger partial charge is 0.380 e. The van der Waals surface area contributed by atoms with E-state index in [4.69, 9.17) is 11.6 Å². The van der Waals surface area contributed by atoms with Gasteiger partial charge in [-0.2, -0.15) is 13.2 Å². The van der Waals surface area contributed by atoms with Crippen molar-refractivity contribution in [1.29, 1.82) is 0 Å². The van der Waals surface area contributed by atoms with Gasteiger partial charge in [0.05, 0.1) is 21.2 Å². The van der Waals surface area contributed by atoms with Crippen molar-refractivity contribution in [3.05, 3.63) is 69.9 Å². The molecule has 0 saturated heterocycles. The molecule has 27 heavy (non-hydrogen) atoms. The Bertz CT molecular complexity index is 917. The maximum Gasteiger partial charge on any atom is 0.416 e. The number of hydrogen-bond donors (Lipinski definition) is 2. The van der Waals surface area contributed by atoms with Gasteiger partial charge < -0.3 is 10.0 Å². The Labute approximate surface area is 165 Å². The highest BCUT2D eigenvalue weighted by atomic mass is 35.5. The fourth-order valence-electron chi connectivity index (χ4n) is 2.17. The van der Waals surface area contributed by atoms with Crippen molar-refractivity contribution in [2.45, 2.75) is 17.6 Å². The third-order valence-electron chi connectivity index (χ3n) is 3.44. The largest absolute Gasteiger partial charge is 0.416 e. The van der Waals surface area contributed by atoms with E-state index in [9.17, 15) is 17.6 Å². The van der Waals surface area contributed by atoms with Crippen LogP contribution in [0.3, 0.4) is 0 Å². The van der Waals surface area contributed by atoms with E-state index in [1.54, 1.807) is 17.6 Å². The maximum atomic E-state index is 14.3. The first-order valence-electron chi connectivity index (χ1n) is 7.54. The number of thiazole rings is 1. The number of nitrogens with zero attached hydrogens (tertiary/aromatic N) is 1. The Morgan fingerprint density at radius 1 is 1.19 bits per heavy atom. The lowest BCUT2D eigenvalue weighted by Crippen LogP contribution is -2.07. The second-order valence-electron chi connectivity index (χ2n) is 5.36. The summed E-state index contributed by atoms with van der Waals surface area (Å²) in [5.74, 6) is -0.514. The van der Waals surface area contributed by atoms with E-state index in [2.05, 4.69) is 15.0 Å². The van der Waals surface area contributed by atoms with Gasteiger partial charge in [0.1, 0.15) is 5.82 Å². The Morgan fingerprint density at radius 2 is 2.00 bits per heavy atom. The predicted octanol–water partition coefficient (Wildman–Crippen LogP) is 6.69. The summed E-state index contributed by atoms with van der Waals surface area (Å²) in [4.78, 5) is 4.30. The quantitative estimate of drug-likeness (QED) is 0.335. The number of halogens is 5. The van der Waals surface area contributed by atoms with Gasteiger partial charge in [-0.15, -0.1) is 11.3 Å². The number of alkyl halides is 3. The van der Waals surface area contributed by atoms with Crippen LogP contribution < -0.4 is 10.0 Å². The van der Waals surface area contributed by atoms with E-state index < -0.39 is 17.6 Å². The van der Waals surface area contributed by atoms with Gasteiger partial charge in [0.15, 0.2) is 5.13 Å². The van der Waals surface area contributed by atoms with Crippen LogP contribution in [0.5, 0.6) is 0 Å². The van der Waals surface area contributed by atoms with Crippen LogP contribution in [-0.4, -0.2) is 4.98 Å². The van der Waals surface area contributed by atoms with Gasteiger partial charge in [0.25, 0.3) is 0 Å². The molecule has 0 fully saturated rings.